The maximum Gasteiger partial charge on any atom is 0.133 e. The minimum absolute atomic E-state index is 0.613. The second kappa shape index (κ2) is 7.49. The maximum absolute atomic E-state index is 4.66. The summed E-state index contributed by atoms with van der Waals surface area (Å²) >= 11 is 0. The van der Waals surface area contributed by atoms with Gasteiger partial charge in [-0.1, -0.05) is 25.8 Å². The van der Waals surface area contributed by atoms with Crippen LogP contribution in [-0.2, 0) is 6.54 Å². The standard InChI is InChI=1S/C16H27N3/c1-3-10-17-13-15-9-7-11-18-16(15)19-12-6-4-5-8-14(19)2/h7,9,11,14,17H,3-6,8,10,12-13H2,1-2H3. The molecule has 2 rings (SSSR count). The fourth-order valence-electron chi connectivity index (χ4n) is 2.82. The van der Waals surface area contributed by atoms with E-state index in [0.29, 0.717) is 6.04 Å². The smallest absolute Gasteiger partial charge is 0.133 e. The molecular formula is C16H27N3. The highest BCUT2D eigenvalue weighted by molar-refractivity contribution is 5.47. The molecule has 0 spiro atoms. The first-order valence-electron chi connectivity index (χ1n) is 7.74. The second-order valence-corrected chi connectivity index (χ2v) is 5.55. The van der Waals surface area contributed by atoms with E-state index in [-0.39, 0.29) is 0 Å². The lowest BCUT2D eigenvalue weighted by molar-refractivity contribution is 0.604. The molecule has 0 aromatic carbocycles. The molecule has 1 aromatic rings. The molecular weight excluding hydrogens is 234 g/mol. The summed E-state index contributed by atoms with van der Waals surface area (Å²) in [6.45, 7) is 7.69. The number of anilines is 1. The van der Waals surface area contributed by atoms with Gasteiger partial charge in [-0.15, -0.1) is 0 Å². The number of pyridine rings is 1. The highest BCUT2D eigenvalue weighted by Gasteiger charge is 2.20. The molecule has 1 aromatic heterocycles. The fraction of sp³-hybridized carbons (Fsp3) is 0.688. The number of nitrogens with zero attached hydrogens (tertiary/aromatic N) is 2. The molecule has 106 valence electrons. The number of aromatic nitrogens is 1. The third kappa shape index (κ3) is 3.93. The summed E-state index contributed by atoms with van der Waals surface area (Å²) in [4.78, 5) is 7.17. The molecule has 19 heavy (non-hydrogen) atoms. The van der Waals surface area contributed by atoms with Crippen LogP contribution < -0.4 is 10.2 Å². The van der Waals surface area contributed by atoms with Crippen molar-refractivity contribution < 1.29 is 0 Å². The lowest BCUT2D eigenvalue weighted by Gasteiger charge is -2.30. The van der Waals surface area contributed by atoms with Crippen LogP contribution in [0.4, 0.5) is 5.82 Å². The normalized spacial score (nSPS) is 20.3. The van der Waals surface area contributed by atoms with Gasteiger partial charge in [-0.2, -0.15) is 0 Å². The lowest BCUT2D eigenvalue weighted by Crippen LogP contribution is -2.34. The quantitative estimate of drug-likeness (QED) is 0.824. The van der Waals surface area contributed by atoms with Gasteiger partial charge in [0.15, 0.2) is 0 Å². The predicted molar refractivity (Wildman–Crippen MR) is 81.5 cm³/mol. The largest absolute Gasteiger partial charge is 0.354 e. The molecule has 0 bridgehead atoms. The van der Waals surface area contributed by atoms with Crippen molar-refractivity contribution in [2.24, 2.45) is 0 Å². The zero-order valence-electron chi connectivity index (χ0n) is 12.4. The molecule has 3 nitrogen and oxygen atoms in total. The third-order valence-electron chi connectivity index (χ3n) is 3.93. The molecule has 2 heterocycles. The van der Waals surface area contributed by atoms with Crippen molar-refractivity contribution >= 4 is 5.82 Å². The van der Waals surface area contributed by atoms with E-state index in [2.05, 4.69) is 41.2 Å². The Labute approximate surface area is 117 Å². The molecule has 1 saturated heterocycles. The second-order valence-electron chi connectivity index (χ2n) is 5.55. The van der Waals surface area contributed by atoms with E-state index >= 15 is 0 Å². The van der Waals surface area contributed by atoms with E-state index in [1.165, 1.54) is 43.5 Å². The molecule has 1 fully saturated rings. The van der Waals surface area contributed by atoms with Gasteiger partial charge in [0, 0.05) is 30.9 Å². The van der Waals surface area contributed by atoms with Gasteiger partial charge in [0.25, 0.3) is 0 Å². The Morgan fingerprint density at radius 2 is 2.26 bits per heavy atom. The Bertz CT molecular complexity index is 378. The Kier molecular flexibility index (Phi) is 5.64. The van der Waals surface area contributed by atoms with Crippen molar-refractivity contribution in [1.29, 1.82) is 0 Å². The Hall–Kier alpha value is -1.09. The lowest BCUT2D eigenvalue weighted by atomic mass is 10.1. The van der Waals surface area contributed by atoms with Gasteiger partial charge in [-0.25, -0.2) is 4.98 Å². The van der Waals surface area contributed by atoms with E-state index in [1.807, 2.05) is 6.20 Å². The van der Waals surface area contributed by atoms with Crippen LogP contribution in [0.3, 0.4) is 0 Å². The van der Waals surface area contributed by atoms with Gasteiger partial charge < -0.3 is 10.2 Å². The highest BCUT2D eigenvalue weighted by atomic mass is 15.2. The molecule has 0 saturated carbocycles. The number of rotatable bonds is 5. The molecule has 1 unspecified atom stereocenters. The summed E-state index contributed by atoms with van der Waals surface area (Å²) in [5, 5.41) is 3.49. The summed E-state index contributed by atoms with van der Waals surface area (Å²) in [7, 11) is 0. The molecule has 1 aliphatic heterocycles. The van der Waals surface area contributed by atoms with Crippen molar-refractivity contribution in [3.05, 3.63) is 23.9 Å². The zero-order valence-corrected chi connectivity index (χ0v) is 12.4. The first-order chi connectivity index (χ1) is 9.33. The highest BCUT2D eigenvalue weighted by Crippen LogP contribution is 2.25. The Morgan fingerprint density at radius 3 is 3.11 bits per heavy atom. The molecule has 1 N–H and O–H groups in total. The van der Waals surface area contributed by atoms with Gasteiger partial charge in [0.1, 0.15) is 5.82 Å². The van der Waals surface area contributed by atoms with Gasteiger partial charge in [-0.3, -0.25) is 0 Å². The van der Waals surface area contributed by atoms with Gasteiger partial charge in [0.2, 0.25) is 0 Å². The van der Waals surface area contributed by atoms with Crippen molar-refractivity contribution in [2.75, 3.05) is 18.0 Å². The van der Waals surface area contributed by atoms with Crippen LogP contribution in [0.2, 0.25) is 0 Å². The van der Waals surface area contributed by atoms with E-state index in [0.717, 1.165) is 19.6 Å². The van der Waals surface area contributed by atoms with Crippen molar-refractivity contribution in [3.8, 4) is 0 Å². The molecule has 1 atom stereocenters. The van der Waals surface area contributed by atoms with E-state index in [1.54, 1.807) is 0 Å². The summed E-state index contributed by atoms with van der Waals surface area (Å²) in [5.74, 6) is 1.19. The molecule has 0 radical (unpaired) electrons. The first kappa shape index (κ1) is 14.3. The average molecular weight is 261 g/mol. The van der Waals surface area contributed by atoms with Crippen LogP contribution in [0, 0.1) is 0 Å². The van der Waals surface area contributed by atoms with Crippen molar-refractivity contribution in [3.63, 3.8) is 0 Å². The molecule has 3 heteroatoms. The minimum atomic E-state index is 0.613. The van der Waals surface area contributed by atoms with Gasteiger partial charge in [-0.05, 0) is 38.8 Å². The van der Waals surface area contributed by atoms with E-state index in [4.69, 9.17) is 0 Å². The monoisotopic (exact) mass is 261 g/mol. The maximum atomic E-state index is 4.66. The molecule has 0 aliphatic carbocycles. The third-order valence-corrected chi connectivity index (χ3v) is 3.93. The van der Waals surface area contributed by atoms with Gasteiger partial charge >= 0.3 is 0 Å². The summed E-state index contributed by atoms with van der Waals surface area (Å²) in [6, 6.07) is 4.87. The van der Waals surface area contributed by atoms with Crippen LogP contribution in [0.15, 0.2) is 18.3 Å². The average Bonchev–Trinajstić information content (AvgIpc) is 2.64. The minimum Gasteiger partial charge on any atom is -0.354 e. The SMILES string of the molecule is CCCNCc1cccnc1N1CCCCCC1C. The van der Waals surface area contributed by atoms with E-state index < -0.39 is 0 Å². The fourth-order valence-corrected chi connectivity index (χ4v) is 2.82. The van der Waals surface area contributed by atoms with Crippen LogP contribution in [0.1, 0.15) is 51.5 Å². The Balaban J connectivity index is 2.12. The summed E-state index contributed by atoms with van der Waals surface area (Å²) in [5.41, 5.74) is 1.34. The molecule has 0 amide bonds. The van der Waals surface area contributed by atoms with E-state index in [9.17, 15) is 0 Å². The number of nitrogens with one attached hydrogen (secondary N) is 1. The first-order valence-corrected chi connectivity index (χ1v) is 7.74. The van der Waals surface area contributed by atoms with Gasteiger partial charge in [0.05, 0.1) is 0 Å². The predicted octanol–water partition coefficient (Wildman–Crippen LogP) is 3.35. The zero-order chi connectivity index (χ0) is 13.5. The van der Waals surface area contributed by atoms with Crippen LogP contribution in [0.5, 0.6) is 0 Å². The van der Waals surface area contributed by atoms with Crippen molar-refractivity contribution in [1.82, 2.24) is 10.3 Å². The summed E-state index contributed by atoms with van der Waals surface area (Å²) in [6.07, 6.45) is 8.40. The van der Waals surface area contributed by atoms with Crippen LogP contribution in [0.25, 0.3) is 0 Å². The number of hydrogen-bond donors (Lipinski definition) is 1. The molecule has 1 aliphatic rings. The van der Waals surface area contributed by atoms with Crippen molar-refractivity contribution in [2.45, 2.75) is 58.5 Å². The Morgan fingerprint density at radius 1 is 1.37 bits per heavy atom. The van der Waals surface area contributed by atoms with Crippen LogP contribution >= 0.6 is 0 Å². The topological polar surface area (TPSA) is 28.2 Å². The number of hydrogen-bond acceptors (Lipinski definition) is 3. The summed E-state index contributed by atoms with van der Waals surface area (Å²) < 4.78 is 0. The van der Waals surface area contributed by atoms with Crippen LogP contribution in [-0.4, -0.2) is 24.1 Å².